The Balaban J connectivity index is 1.22. The van der Waals surface area contributed by atoms with Gasteiger partial charge in [0.2, 0.25) is 0 Å². The Kier molecular flexibility index (Phi) is 6.39. The van der Waals surface area contributed by atoms with Crippen LogP contribution in [-0.2, 0) is 0 Å². The van der Waals surface area contributed by atoms with Gasteiger partial charge in [-0.2, -0.15) is 0 Å². The van der Waals surface area contributed by atoms with Gasteiger partial charge in [0.15, 0.2) is 11.6 Å². The zero-order valence-corrected chi connectivity index (χ0v) is 25.3. The molecule has 0 saturated carbocycles. The number of rotatable bonds is 5. The molecule has 5 nitrogen and oxygen atoms in total. The summed E-state index contributed by atoms with van der Waals surface area (Å²) in [6.07, 6.45) is 0. The van der Waals surface area contributed by atoms with Crippen LogP contribution in [0, 0.1) is 0 Å². The fraction of sp³-hybridized carbons (Fsp3) is 0. The maximum absolute atomic E-state index is 5.16. The minimum absolute atomic E-state index is 0.695. The van der Waals surface area contributed by atoms with E-state index in [9.17, 15) is 0 Å². The van der Waals surface area contributed by atoms with Gasteiger partial charge < -0.3 is 4.90 Å². The van der Waals surface area contributed by atoms with E-state index in [2.05, 4.69) is 114 Å². The predicted molar refractivity (Wildman–Crippen MR) is 191 cm³/mol. The number of hydrogen-bond donors (Lipinski definition) is 0. The molecule has 0 saturated heterocycles. The monoisotopic (exact) mass is 601 g/mol. The molecule has 0 radical (unpaired) electrons. The van der Waals surface area contributed by atoms with Crippen molar-refractivity contribution in [2.24, 2.45) is 0 Å². The van der Waals surface area contributed by atoms with E-state index in [1.54, 1.807) is 0 Å². The molecule has 1 aliphatic heterocycles. The normalized spacial score (nSPS) is 11.8. The Hall–Kier alpha value is -6.46. The van der Waals surface area contributed by atoms with Crippen LogP contribution in [0.2, 0.25) is 0 Å². The van der Waals surface area contributed by atoms with Crippen LogP contribution >= 0.6 is 0 Å². The van der Waals surface area contributed by atoms with Crippen LogP contribution in [0.5, 0.6) is 0 Å². The van der Waals surface area contributed by atoms with Gasteiger partial charge in [0.1, 0.15) is 0 Å². The highest BCUT2D eigenvalue weighted by atomic mass is 15.2. The molecule has 220 valence electrons. The Morgan fingerprint density at radius 2 is 0.936 bits per heavy atom. The van der Waals surface area contributed by atoms with Gasteiger partial charge in [0, 0.05) is 33.5 Å². The second kappa shape index (κ2) is 11.2. The number of nitrogens with zero attached hydrogens (tertiary/aromatic N) is 5. The number of para-hydroxylation sites is 1. The van der Waals surface area contributed by atoms with Gasteiger partial charge in [-0.15, -0.1) is 0 Å². The lowest BCUT2D eigenvalue weighted by molar-refractivity contribution is 1.18. The molecule has 0 amide bonds. The summed E-state index contributed by atoms with van der Waals surface area (Å²) < 4.78 is 0. The van der Waals surface area contributed by atoms with E-state index in [-0.39, 0.29) is 0 Å². The standard InChI is InChI=1S/C42H27N5/c1-4-14-28(15-5-1)35-27-36(45-41(44-35)29-16-6-2-7-17-29)31-20-12-21-32(26-31)47-37-24-11-10-22-33(37)40-39-34(23-13-25-38(39)47)43-42(46-40)30-18-8-3-9-19-30/h1-27H. The second-order valence-electron chi connectivity index (χ2n) is 11.5. The molecule has 0 bridgehead atoms. The maximum atomic E-state index is 5.16. The lowest BCUT2D eigenvalue weighted by Crippen LogP contribution is -2.16. The quantitative estimate of drug-likeness (QED) is 0.196. The molecule has 47 heavy (non-hydrogen) atoms. The molecule has 8 aromatic rings. The summed E-state index contributed by atoms with van der Waals surface area (Å²) in [6.45, 7) is 0. The Morgan fingerprint density at radius 1 is 0.383 bits per heavy atom. The first-order valence-corrected chi connectivity index (χ1v) is 15.7. The topological polar surface area (TPSA) is 54.8 Å². The van der Waals surface area contributed by atoms with Crippen LogP contribution in [-0.4, -0.2) is 19.9 Å². The largest absolute Gasteiger partial charge is 0.309 e. The molecule has 0 atom stereocenters. The summed E-state index contributed by atoms with van der Waals surface area (Å²) >= 11 is 0. The smallest absolute Gasteiger partial charge is 0.160 e. The van der Waals surface area contributed by atoms with Crippen LogP contribution in [0.4, 0.5) is 17.1 Å². The molecule has 0 spiro atoms. The van der Waals surface area contributed by atoms with E-state index in [1.807, 2.05) is 54.6 Å². The van der Waals surface area contributed by atoms with Gasteiger partial charge in [-0.25, -0.2) is 19.9 Å². The molecule has 0 aliphatic carbocycles. The van der Waals surface area contributed by atoms with Gasteiger partial charge >= 0.3 is 0 Å². The van der Waals surface area contributed by atoms with Crippen molar-refractivity contribution in [2.75, 3.05) is 4.90 Å². The summed E-state index contributed by atoms with van der Waals surface area (Å²) in [5, 5.41) is 1.04. The van der Waals surface area contributed by atoms with Crippen molar-refractivity contribution >= 4 is 28.0 Å². The number of benzene rings is 6. The molecular weight excluding hydrogens is 574 g/mol. The van der Waals surface area contributed by atoms with E-state index >= 15 is 0 Å². The van der Waals surface area contributed by atoms with Crippen molar-refractivity contribution in [3.63, 3.8) is 0 Å². The first-order chi connectivity index (χ1) is 23.3. The van der Waals surface area contributed by atoms with Crippen molar-refractivity contribution in [1.82, 2.24) is 19.9 Å². The molecule has 9 rings (SSSR count). The van der Waals surface area contributed by atoms with E-state index in [4.69, 9.17) is 19.9 Å². The van der Waals surface area contributed by atoms with Gasteiger partial charge in [-0.1, -0.05) is 127 Å². The van der Waals surface area contributed by atoms with Crippen LogP contribution in [0.1, 0.15) is 0 Å². The van der Waals surface area contributed by atoms with Crippen LogP contribution in [0.25, 0.3) is 67.5 Å². The van der Waals surface area contributed by atoms with Crippen molar-refractivity contribution in [3.8, 4) is 56.5 Å². The minimum Gasteiger partial charge on any atom is -0.309 e. The van der Waals surface area contributed by atoms with Crippen molar-refractivity contribution in [3.05, 3.63) is 164 Å². The van der Waals surface area contributed by atoms with Gasteiger partial charge in [0.05, 0.1) is 39.4 Å². The number of hydrogen-bond acceptors (Lipinski definition) is 5. The first kappa shape index (κ1) is 26.9. The third-order valence-electron chi connectivity index (χ3n) is 8.60. The van der Waals surface area contributed by atoms with Crippen molar-refractivity contribution in [1.29, 1.82) is 0 Å². The van der Waals surface area contributed by atoms with E-state index < -0.39 is 0 Å². The highest BCUT2D eigenvalue weighted by molar-refractivity contribution is 6.12. The lowest BCUT2D eigenvalue weighted by Gasteiger charge is -2.33. The summed E-state index contributed by atoms with van der Waals surface area (Å²) in [5.41, 5.74) is 11.9. The average Bonchev–Trinajstić information content (AvgIpc) is 3.16. The summed E-state index contributed by atoms with van der Waals surface area (Å²) in [5.74, 6) is 1.42. The first-order valence-electron chi connectivity index (χ1n) is 15.7. The second-order valence-corrected chi connectivity index (χ2v) is 11.5. The summed E-state index contributed by atoms with van der Waals surface area (Å²) in [6, 6.07) is 56.1. The number of anilines is 3. The Morgan fingerprint density at radius 3 is 1.66 bits per heavy atom. The minimum atomic E-state index is 0.695. The third-order valence-corrected chi connectivity index (χ3v) is 8.60. The zero-order valence-electron chi connectivity index (χ0n) is 25.3. The fourth-order valence-electron chi connectivity index (χ4n) is 6.41. The molecule has 1 aliphatic rings. The maximum Gasteiger partial charge on any atom is 0.160 e. The SMILES string of the molecule is c1ccc(-c2cc(-c3cccc(N4c5ccccc5-c5nc(-c6ccccc6)nc6cccc4c56)c3)nc(-c3ccccc3)n2)cc1. The van der Waals surface area contributed by atoms with Gasteiger partial charge in [-0.05, 0) is 36.4 Å². The molecule has 3 heterocycles. The predicted octanol–water partition coefficient (Wildman–Crippen LogP) is 10.5. The van der Waals surface area contributed by atoms with Crippen LogP contribution < -0.4 is 4.90 Å². The average molecular weight is 602 g/mol. The van der Waals surface area contributed by atoms with E-state index in [0.717, 1.165) is 78.7 Å². The molecular formula is C42H27N5. The van der Waals surface area contributed by atoms with Crippen molar-refractivity contribution < 1.29 is 0 Å². The Labute approximate surface area is 272 Å². The molecule has 0 unspecified atom stereocenters. The van der Waals surface area contributed by atoms with Crippen molar-refractivity contribution in [2.45, 2.75) is 0 Å². The molecule has 5 heteroatoms. The molecule has 0 fully saturated rings. The lowest BCUT2D eigenvalue weighted by atomic mass is 9.96. The van der Waals surface area contributed by atoms with Crippen LogP contribution in [0.15, 0.2) is 164 Å². The van der Waals surface area contributed by atoms with E-state index in [0.29, 0.717) is 5.82 Å². The number of fused-ring (bicyclic) bond motifs is 2. The van der Waals surface area contributed by atoms with E-state index in [1.165, 1.54) is 0 Å². The summed E-state index contributed by atoms with van der Waals surface area (Å²) in [4.78, 5) is 22.6. The molecule has 6 aromatic carbocycles. The fourth-order valence-corrected chi connectivity index (χ4v) is 6.41. The zero-order chi connectivity index (χ0) is 31.2. The molecule has 2 aromatic heterocycles. The van der Waals surface area contributed by atoms with Crippen LogP contribution in [0.3, 0.4) is 0 Å². The third kappa shape index (κ3) is 4.73. The highest BCUT2D eigenvalue weighted by Gasteiger charge is 2.28. The Bertz CT molecular complexity index is 2350. The highest BCUT2D eigenvalue weighted by Crippen LogP contribution is 2.50. The molecule has 0 N–H and O–H groups in total. The van der Waals surface area contributed by atoms with Gasteiger partial charge in [0.25, 0.3) is 0 Å². The number of aromatic nitrogens is 4. The summed E-state index contributed by atoms with van der Waals surface area (Å²) in [7, 11) is 0. The van der Waals surface area contributed by atoms with Gasteiger partial charge in [-0.3, -0.25) is 0 Å².